The molecule has 180 valence electrons. The second-order valence-electron chi connectivity index (χ2n) is 8.51. The number of hydrogen-bond acceptors (Lipinski definition) is 6. The summed E-state index contributed by atoms with van der Waals surface area (Å²) in [6, 6.07) is 6.14. The van der Waals surface area contributed by atoms with Crippen LogP contribution < -0.4 is 10.7 Å². The van der Waals surface area contributed by atoms with E-state index in [0.29, 0.717) is 0 Å². The molecular weight excluding hydrogens is 569 g/mol. The number of H-pyrrole nitrogens is 1. The minimum atomic E-state index is -2.23. The van der Waals surface area contributed by atoms with Crippen molar-refractivity contribution in [2.45, 2.75) is 13.8 Å². The van der Waals surface area contributed by atoms with E-state index in [9.17, 15) is 0 Å². The number of allylic oxidation sites excluding steroid dienone is 6. The molecule has 11 heteroatoms. The molecule has 0 saturated heterocycles. The number of nitrogens with zero attached hydrogens (tertiary/aromatic N) is 3. The van der Waals surface area contributed by atoms with Gasteiger partial charge in [-0.2, -0.15) is 4.58 Å². The Bertz CT molecular complexity index is 1820. The molecule has 0 amide bonds. The minimum absolute atomic E-state index is 0.826. The van der Waals surface area contributed by atoms with Gasteiger partial charge >= 0.3 is 0 Å². The molecule has 5 heterocycles. The molecule has 5 rings (SSSR count). The number of aliphatic imine (C=N–C) groups is 1. The van der Waals surface area contributed by atoms with E-state index in [1.165, 1.54) is 0 Å². The first-order valence-corrected chi connectivity index (χ1v) is 18.2. The highest BCUT2D eigenvalue weighted by molar-refractivity contribution is 8.96. The predicted octanol–water partition coefficient (Wildman–Crippen LogP) is 2.77. The van der Waals surface area contributed by atoms with Gasteiger partial charge in [-0.05, 0) is 88.8 Å². The number of thiol groups is 1. The van der Waals surface area contributed by atoms with Gasteiger partial charge < -0.3 is 17.6 Å². The Balaban J connectivity index is 2.00. The van der Waals surface area contributed by atoms with E-state index in [1.807, 2.05) is 26.2 Å². The molecule has 0 fully saturated rings. The monoisotopic (exact) mass is 590 g/mol. The van der Waals surface area contributed by atoms with Gasteiger partial charge in [0.2, 0.25) is 5.70 Å². The third kappa shape index (κ3) is 4.35. The summed E-state index contributed by atoms with van der Waals surface area (Å²) in [6.07, 6.45) is 8.18. The van der Waals surface area contributed by atoms with Gasteiger partial charge in [0.05, 0.1) is 27.4 Å². The predicted molar refractivity (Wildman–Crippen MR) is 167 cm³/mol. The van der Waals surface area contributed by atoms with E-state index in [1.54, 1.807) is 0 Å². The zero-order chi connectivity index (χ0) is 25.2. The van der Waals surface area contributed by atoms with Crippen LogP contribution in [0, 0.1) is 0 Å². The van der Waals surface area contributed by atoms with Crippen LogP contribution in [-0.2, 0) is 66.0 Å². The summed E-state index contributed by atoms with van der Waals surface area (Å²) in [4.78, 5) is 10.2. The lowest BCUT2D eigenvalue weighted by atomic mass is 10.1. The largest absolute Gasteiger partial charge is 0.356 e. The topological polar surface area (TPSA) is 36.1 Å². The first-order chi connectivity index (χ1) is 16.5. The van der Waals surface area contributed by atoms with Crippen molar-refractivity contribution in [3.8, 4) is 0 Å². The maximum absolute atomic E-state index is 5.77. The van der Waals surface area contributed by atoms with Crippen LogP contribution in [0.3, 0.4) is 0 Å². The number of fused-ring (bicyclic) bond motifs is 6. The van der Waals surface area contributed by atoms with Crippen molar-refractivity contribution in [1.82, 2.24) is 9.55 Å². The fourth-order valence-electron chi connectivity index (χ4n) is 4.55. The Hall–Kier alpha value is -1.47. The molecule has 0 atom stereocenters. The Morgan fingerprint density at radius 3 is 2.46 bits per heavy atom. The Morgan fingerprint density at radius 1 is 1.06 bits per heavy atom. The number of likely N-dealkylation sites (N-methyl/N-ethyl adjacent to an activating group) is 1. The number of aromatic nitrogens is 2. The molecule has 2 aromatic heterocycles. The average molecular weight is 591 g/mol. The SMILES string of the molecule is CC1=C2C=CC(=[N+]2C)C([S-](=S)=S)=c2ccc([nH]2)=C(S(=S)(=S)S)c2cc(cn2C)C(C)=C2C=CC1=N2. The lowest BCUT2D eigenvalue weighted by molar-refractivity contribution is -0.433. The third-order valence-corrected chi connectivity index (χ3v) is 10.7. The highest BCUT2D eigenvalue weighted by Gasteiger charge is 2.25. The number of rotatable bonds is 2. The molecule has 3 aliphatic heterocycles. The lowest BCUT2D eigenvalue weighted by Gasteiger charge is -2.10. The van der Waals surface area contributed by atoms with Gasteiger partial charge in [0, 0.05) is 36.3 Å². The Kier molecular flexibility index (Phi) is 6.57. The maximum atomic E-state index is 5.77. The van der Waals surface area contributed by atoms with Gasteiger partial charge in [0.1, 0.15) is 7.05 Å². The number of aromatic amines is 1. The van der Waals surface area contributed by atoms with Gasteiger partial charge in [0.25, 0.3) is 0 Å². The van der Waals surface area contributed by atoms with Gasteiger partial charge in [-0.25, -0.2) is 4.99 Å². The summed E-state index contributed by atoms with van der Waals surface area (Å²) < 4.78 is 4.20. The molecule has 2 aromatic rings. The highest BCUT2D eigenvalue weighted by atomic mass is 33.5. The Labute approximate surface area is 230 Å². The number of aryl methyl sites for hydroxylation is 1. The second kappa shape index (κ2) is 9.13. The van der Waals surface area contributed by atoms with Crippen molar-refractivity contribution in [3.05, 3.63) is 87.6 Å². The third-order valence-electron chi connectivity index (χ3n) is 6.42. The van der Waals surface area contributed by atoms with Gasteiger partial charge in [0.15, 0.2) is 5.71 Å². The highest BCUT2D eigenvalue weighted by Crippen LogP contribution is 2.31. The standard InChI is InChI=1S/C24H21N4S7/c1-13-15-11-22(27(3)12-15)24(35(31,32)33)19-8-7-18(26-19)23(34(29)30)21-10-9-20(28(21)4)14(2)17-6-5-16(13)25-17/h5-12H,1-4H3,(H,31,32,33)/q-1/p+1. The molecule has 0 radical (unpaired) electrons. The van der Waals surface area contributed by atoms with Crippen molar-refractivity contribution in [3.63, 3.8) is 0 Å². The maximum Gasteiger partial charge on any atom is 0.210 e. The molecule has 3 aliphatic rings. The summed E-state index contributed by atoms with van der Waals surface area (Å²) in [6.45, 7) is 4.19. The van der Waals surface area contributed by atoms with Gasteiger partial charge in [-0.15, -0.1) is 0 Å². The van der Waals surface area contributed by atoms with Crippen molar-refractivity contribution < 1.29 is 4.58 Å². The Morgan fingerprint density at radius 2 is 1.77 bits per heavy atom. The first-order valence-electron chi connectivity index (χ1n) is 10.6. The molecule has 0 unspecified atom stereocenters. The quantitative estimate of drug-likeness (QED) is 0.244. The van der Waals surface area contributed by atoms with Crippen molar-refractivity contribution in [1.29, 1.82) is 0 Å². The summed E-state index contributed by atoms with van der Waals surface area (Å²) in [5.74, 6) is 0. The van der Waals surface area contributed by atoms with E-state index in [4.69, 9.17) is 61.4 Å². The summed E-state index contributed by atoms with van der Waals surface area (Å²) in [7, 11) is 3.20. The van der Waals surface area contributed by atoms with E-state index >= 15 is 0 Å². The zero-order valence-electron chi connectivity index (χ0n) is 19.4. The molecule has 1 N–H and O–H groups in total. The first kappa shape index (κ1) is 25.2. The fraction of sp³-hybridized carbons (Fsp3) is 0.167. The van der Waals surface area contributed by atoms with Crippen molar-refractivity contribution in [2.24, 2.45) is 12.0 Å². The molecule has 0 spiro atoms. The van der Waals surface area contributed by atoms with Crippen LogP contribution in [-0.4, -0.2) is 32.6 Å². The molecule has 0 aliphatic carbocycles. The fourth-order valence-corrected chi connectivity index (χ4v) is 8.77. The summed E-state index contributed by atoms with van der Waals surface area (Å²) in [5.41, 5.74) is 8.10. The zero-order valence-corrected chi connectivity index (χ0v) is 25.2. The van der Waals surface area contributed by atoms with E-state index in [0.717, 1.165) is 65.7 Å². The van der Waals surface area contributed by atoms with Crippen LogP contribution in [0.5, 0.6) is 0 Å². The van der Waals surface area contributed by atoms with Gasteiger partial charge in [-0.3, -0.25) is 22.4 Å². The van der Waals surface area contributed by atoms with Crippen LogP contribution in [0.2, 0.25) is 0 Å². The molecule has 0 aromatic carbocycles. The van der Waals surface area contributed by atoms with Crippen molar-refractivity contribution in [2.75, 3.05) is 7.05 Å². The van der Waals surface area contributed by atoms with Crippen molar-refractivity contribution >= 4 is 97.4 Å². The smallest absolute Gasteiger partial charge is 0.210 e. The molecule has 4 nitrogen and oxygen atoms in total. The van der Waals surface area contributed by atoms with E-state index < -0.39 is 14.2 Å². The van der Waals surface area contributed by atoms with Crippen LogP contribution in [0.1, 0.15) is 25.1 Å². The van der Waals surface area contributed by atoms with E-state index in [-0.39, 0.29) is 0 Å². The van der Waals surface area contributed by atoms with Crippen LogP contribution in [0.15, 0.2) is 70.7 Å². The summed E-state index contributed by atoms with van der Waals surface area (Å²) >= 11 is 27.6. The number of nitrogens with one attached hydrogen (secondary N) is 1. The van der Waals surface area contributed by atoms with E-state index in [2.05, 4.69) is 64.5 Å². The van der Waals surface area contributed by atoms with Crippen LogP contribution in [0.25, 0.3) is 15.4 Å². The van der Waals surface area contributed by atoms with Crippen LogP contribution in [0.4, 0.5) is 0 Å². The lowest BCUT2D eigenvalue weighted by Crippen LogP contribution is -2.23. The average Bonchev–Trinajstić information content (AvgIpc) is 3.55. The normalized spacial score (nSPS) is 18.1. The summed E-state index contributed by atoms with van der Waals surface area (Å²) in [5, 5.41) is 1.71. The molecular formula is C24H22N4S7. The molecule has 0 saturated carbocycles. The number of hydrogen-bond donors (Lipinski definition) is 2. The minimum Gasteiger partial charge on any atom is -0.356 e. The second-order valence-corrected chi connectivity index (χ2v) is 20.1. The van der Waals surface area contributed by atoms with Gasteiger partial charge in [-0.1, -0.05) is 11.7 Å². The van der Waals surface area contributed by atoms with Crippen LogP contribution >= 0.6 is 11.7 Å². The molecule has 8 bridgehead atoms. The molecule has 35 heavy (non-hydrogen) atoms.